The van der Waals surface area contributed by atoms with Crippen LogP contribution in [0.2, 0.25) is 0 Å². The summed E-state index contributed by atoms with van der Waals surface area (Å²) in [5, 5.41) is 0. The number of esters is 2. The molecule has 0 saturated carbocycles. The predicted octanol–water partition coefficient (Wildman–Crippen LogP) is 2.83. The second-order valence-corrected chi connectivity index (χ2v) is 3.64. The highest BCUT2D eigenvalue weighted by atomic mass is 19.4. The second-order valence-electron chi connectivity index (χ2n) is 3.64. The fourth-order valence-electron chi connectivity index (χ4n) is 1.41. The van der Waals surface area contributed by atoms with Gasteiger partial charge in [-0.1, -0.05) is 18.2 Å². The summed E-state index contributed by atoms with van der Waals surface area (Å²) in [5.74, 6) is -1.72. The van der Waals surface area contributed by atoms with Gasteiger partial charge in [0.15, 0.2) is 0 Å². The largest absolute Gasteiger partial charge is 0.421 e. The predicted molar refractivity (Wildman–Crippen MR) is 57.7 cm³/mol. The molecule has 0 saturated heterocycles. The van der Waals surface area contributed by atoms with E-state index in [0.29, 0.717) is 0 Å². The molecule has 0 fully saturated rings. The second kappa shape index (κ2) is 5.73. The number of halogens is 3. The van der Waals surface area contributed by atoms with Crippen LogP contribution < -0.4 is 0 Å². The third-order valence-electron chi connectivity index (χ3n) is 2.07. The number of hydrogen-bond donors (Lipinski definition) is 0. The van der Waals surface area contributed by atoms with E-state index in [1.165, 1.54) is 12.1 Å². The van der Waals surface area contributed by atoms with Gasteiger partial charge in [-0.2, -0.15) is 13.2 Å². The van der Waals surface area contributed by atoms with Crippen molar-refractivity contribution in [2.75, 3.05) is 0 Å². The maximum absolute atomic E-state index is 12.8. The molecule has 7 heteroatoms. The van der Waals surface area contributed by atoms with Crippen LogP contribution >= 0.6 is 0 Å². The van der Waals surface area contributed by atoms with Gasteiger partial charge in [-0.05, 0) is 6.07 Å². The molecule has 0 radical (unpaired) electrons. The van der Waals surface area contributed by atoms with Crippen molar-refractivity contribution >= 4 is 11.9 Å². The molecule has 0 aliphatic heterocycles. The van der Waals surface area contributed by atoms with Crippen molar-refractivity contribution in [3.63, 3.8) is 0 Å². The van der Waals surface area contributed by atoms with E-state index in [-0.39, 0.29) is 0 Å². The highest BCUT2D eigenvalue weighted by Gasteiger charge is 2.36. The summed E-state index contributed by atoms with van der Waals surface area (Å²) in [7, 11) is 0. The minimum atomic E-state index is -4.64. The number of rotatable bonds is 3. The van der Waals surface area contributed by atoms with E-state index in [1.54, 1.807) is 0 Å². The molecule has 0 atom stereocenters. The highest BCUT2D eigenvalue weighted by molar-refractivity contribution is 5.68. The Balaban J connectivity index is 3.21. The molecule has 0 bridgehead atoms. The van der Waals surface area contributed by atoms with Crippen LogP contribution in [0.4, 0.5) is 13.2 Å². The number of carbonyl (C=O) groups excluding carboxylic acids is 2. The molecular formula is C12H11F3O4. The Morgan fingerprint density at radius 2 is 1.53 bits per heavy atom. The van der Waals surface area contributed by atoms with E-state index in [0.717, 1.165) is 26.0 Å². The third kappa shape index (κ3) is 4.27. The molecular weight excluding hydrogens is 265 g/mol. The van der Waals surface area contributed by atoms with Gasteiger partial charge in [-0.25, -0.2) is 0 Å². The standard InChI is InChI=1S/C12H11F3O4/c1-7(16)18-11(19-8(2)17)9-5-3-4-6-10(9)12(13,14)15/h3-6,11H,1-2H3. The number of carbonyl (C=O) groups is 2. The van der Waals surface area contributed by atoms with E-state index >= 15 is 0 Å². The fraction of sp³-hybridized carbons (Fsp3) is 0.333. The van der Waals surface area contributed by atoms with E-state index in [1.807, 2.05) is 0 Å². The van der Waals surface area contributed by atoms with Crippen molar-refractivity contribution in [1.82, 2.24) is 0 Å². The molecule has 0 aliphatic carbocycles. The Hall–Kier alpha value is -2.05. The Kier molecular flexibility index (Phi) is 4.52. The number of hydrogen-bond acceptors (Lipinski definition) is 4. The first kappa shape index (κ1) is 15.0. The molecule has 1 aromatic carbocycles. The lowest BCUT2D eigenvalue weighted by atomic mass is 10.1. The van der Waals surface area contributed by atoms with E-state index in [4.69, 9.17) is 0 Å². The van der Waals surface area contributed by atoms with Crippen LogP contribution in [0, 0.1) is 0 Å². The SMILES string of the molecule is CC(=O)OC(OC(C)=O)c1ccccc1C(F)(F)F. The lowest BCUT2D eigenvalue weighted by Crippen LogP contribution is -2.19. The summed E-state index contributed by atoms with van der Waals surface area (Å²) in [5.41, 5.74) is -1.46. The van der Waals surface area contributed by atoms with E-state index in [9.17, 15) is 22.8 Å². The Bertz CT molecular complexity index is 466. The normalized spacial score (nSPS) is 11.3. The van der Waals surface area contributed by atoms with Gasteiger partial charge in [0.2, 0.25) is 0 Å². The van der Waals surface area contributed by atoms with Crippen molar-refractivity contribution < 1.29 is 32.2 Å². The molecule has 0 heterocycles. The van der Waals surface area contributed by atoms with Crippen LogP contribution in [-0.2, 0) is 25.2 Å². The molecule has 0 spiro atoms. The Morgan fingerprint density at radius 3 is 1.95 bits per heavy atom. The molecule has 1 rings (SSSR count). The van der Waals surface area contributed by atoms with Crippen LogP contribution in [0.1, 0.15) is 31.3 Å². The molecule has 0 aliphatic rings. The van der Waals surface area contributed by atoms with Crippen molar-refractivity contribution in [3.8, 4) is 0 Å². The van der Waals surface area contributed by atoms with Crippen molar-refractivity contribution in [1.29, 1.82) is 0 Å². The zero-order valence-corrected chi connectivity index (χ0v) is 10.2. The third-order valence-corrected chi connectivity index (χ3v) is 2.07. The molecule has 4 nitrogen and oxygen atoms in total. The lowest BCUT2D eigenvalue weighted by Gasteiger charge is -2.20. The number of benzene rings is 1. The first-order valence-corrected chi connectivity index (χ1v) is 5.22. The Morgan fingerprint density at radius 1 is 1.05 bits per heavy atom. The molecule has 0 unspecified atom stereocenters. The fourth-order valence-corrected chi connectivity index (χ4v) is 1.41. The number of ether oxygens (including phenoxy) is 2. The monoisotopic (exact) mass is 276 g/mol. The summed E-state index contributed by atoms with van der Waals surface area (Å²) < 4.78 is 47.6. The van der Waals surface area contributed by atoms with E-state index < -0.39 is 35.5 Å². The van der Waals surface area contributed by atoms with Crippen LogP contribution in [0.25, 0.3) is 0 Å². The van der Waals surface area contributed by atoms with Gasteiger partial charge < -0.3 is 9.47 Å². The Labute approximate surface area is 107 Å². The van der Waals surface area contributed by atoms with Crippen LogP contribution in [0.5, 0.6) is 0 Å². The molecule has 1 aromatic rings. The van der Waals surface area contributed by atoms with Crippen molar-refractivity contribution in [2.24, 2.45) is 0 Å². The summed E-state index contributed by atoms with van der Waals surface area (Å²) in [6.45, 7) is 2.01. The molecule has 19 heavy (non-hydrogen) atoms. The quantitative estimate of drug-likeness (QED) is 0.629. The highest BCUT2D eigenvalue weighted by Crippen LogP contribution is 2.36. The van der Waals surface area contributed by atoms with Gasteiger partial charge >= 0.3 is 18.1 Å². The van der Waals surface area contributed by atoms with Crippen molar-refractivity contribution in [2.45, 2.75) is 26.3 Å². The first-order chi connectivity index (χ1) is 8.71. The summed E-state index contributed by atoms with van der Waals surface area (Å²) in [6, 6.07) is 4.41. The maximum Gasteiger partial charge on any atom is 0.416 e. The average Bonchev–Trinajstić information content (AvgIpc) is 2.25. The molecule has 0 aromatic heterocycles. The summed E-state index contributed by atoms with van der Waals surface area (Å²) >= 11 is 0. The first-order valence-electron chi connectivity index (χ1n) is 5.22. The maximum atomic E-state index is 12.8. The molecule has 104 valence electrons. The van der Waals surface area contributed by atoms with E-state index in [2.05, 4.69) is 9.47 Å². The number of alkyl halides is 3. The zero-order valence-electron chi connectivity index (χ0n) is 10.2. The summed E-state index contributed by atoms with van der Waals surface area (Å²) in [4.78, 5) is 21.8. The molecule has 0 N–H and O–H groups in total. The minimum absolute atomic E-state index is 0.430. The van der Waals surface area contributed by atoms with Crippen LogP contribution in [-0.4, -0.2) is 11.9 Å². The van der Waals surface area contributed by atoms with Crippen LogP contribution in [0.3, 0.4) is 0 Å². The summed E-state index contributed by atoms with van der Waals surface area (Å²) in [6.07, 6.45) is -6.36. The smallest absolute Gasteiger partial charge is 0.416 e. The van der Waals surface area contributed by atoms with Gasteiger partial charge in [-0.15, -0.1) is 0 Å². The zero-order chi connectivity index (χ0) is 14.6. The van der Waals surface area contributed by atoms with Gasteiger partial charge in [0.25, 0.3) is 6.29 Å². The van der Waals surface area contributed by atoms with Gasteiger partial charge in [0.05, 0.1) is 5.56 Å². The molecule has 0 amide bonds. The lowest BCUT2D eigenvalue weighted by molar-refractivity contribution is -0.189. The van der Waals surface area contributed by atoms with Gasteiger partial charge in [0.1, 0.15) is 0 Å². The minimum Gasteiger partial charge on any atom is -0.421 e. The van der Waals surface area contributed by atoms with Crippen molar-refractivity contribution in [3.05, 3.63) is 35.4 Å². The average molecular weight is 276 g/mol. The van der Waals surface area contributed by atoms with Gasteiger partial charge in [-0.3, -0.25) is 9.59 Å². The van der Waals surface area contributed by atoms with Gasteiger partial charge in [0, 0.05) is 19.4 Å². The van der Waals surface area contributed by atoms with Crippen LogP contribution in [0.15, 0.2) is 24.3 Å². The topological polar surface area (TPSA) is 52.6 Å².